The van der Waals surface area contributed by atoms with Gasteiger partial charge in [-0.25, -0.2) is 0 Å². The van der Waals surface area contributed by atoms with E-state index in [1.807, 2.05) is 23.5 Å². The van der Waals surface area contributed by atoms with Gasteiger partial charge in [0.1, 0.15) is 0 Å². The van der Waals surface area contributed by atoms with E-state index in [1.54, 1.807) is 0 Å². The predicted octanol–water partition coefficient (Wildman–Crippen LogP) is 1.96. The van der Waals surface area contributed by atoms with Crippen LogP contribution in [0.2, 0.25) is 0 Å². The number of nitrogens with zero attached hydrogens (tertiary/aromatic N) is 1. The second-order valence-corrected chi connectivity index (χ2v) is 5.99. The van der Waals surface area contributed by atoms with Gasteiger partial charge < -0.3 is 5.32 Å². The van der Waals surface area contributed by atoms with Crippen LogP contribution in [0.5, 0.6) is 0 Å². The van der Waals surface area contributed by atoms with Crippen molar-refractivity contribution in [3.8, 4) is 0 Å². The molecule has 0 amide bonds. The van der Waals surface area contributed by atoms with Crippen molar-refractivity contribution in [2.45, 2.75) is 24.0 Å². The lowest BCUT2D eigenvalue weighted by atomic mass is 9.84. The molecule has 0 atom stereocenters. The summed E-state index contributed by atoms with van der Waals surface area (Å²) in [6.45, 7) is 2.11. The highest BCUT2D eigenvalue weighted by atomic mass is 32.2. The van der Waals surface area contributed by atoms with E-state index in [2.05, 4.69) is 16.6 Å². The van der Waals surface area contributed by atoms with Crippen molar-refractivity contribution in [2.75, 3.05) is 25.1 Å². The molecule has 4 heteroatoms. The van der Waals surface area contributed by atoms with E-state index in [0.717, 1.165) is 18.8 Å². The Kier molecular flexibility index (Phi) is 3.09. The van der Waals surface area contributed by atoms with Crippen molar-refractivity contribution < 1.29 is 0 Å². The lowest BCUT2D eigenvalue weighted by molar-refractivity contribution is 0.362. The van der Waals surface area contributed by atoms with Crippen molar-refractivity contribution in [3.05, 3.63) is 0 Å². The van der Waals surface area contributed by atoms with Crippen LogP contribution in [-0.4, -0.2) is 35.0 Å². The Balaban J connectivity index is 1.77. The van der Waals surface area contributed by atoms with Gasteiger partial charge in [-0.3, -0.25) is 4.99 Å². The molecule has 0 radical (unpaired) electrons. The highest BCUT2D eigenvalue weighted by Gasteiger charge is 2.36. The monoisotopic (exact) mass is 216 g/mol. The predicted molar refractivity (Wildman–Crippen MR) is 62.9 cm³/mol. The van der Waals surface area contributed by atoms with E-state index in [9.17, 15) is 0 Å². The van der Waals surface area contributed by atoms with Crippen molar-refractivity contribution >= 4 is 28.7 Å². The zero-order valence-electron chi connectivity index (χ0n) is 8.01. The van der Waals surface area contributed by atoms with Crippen LogP contribution < -0.4 is 5.32 Å². The molecule has 1 saturated carbocycles. The summed E-state index contributed by atoms with van der Waals surface area (Å²) in [7, 11) is 0. The largest absolute Gasteiger partial charge is 0.364 e. The van der Waals surface area contributed by atoms with Crippen LogP contribution in [0.4, 0.5) is 0 Å². The zero-order chi connectivity index (χ0) is 9.15. The molecule has 0 aromatic rings. The van der Waals surface area contributed by atoms with Gasteiger partial charge >= 0.3 is 0 Å². The molecule has 1 fully saturated rings. The highest BCUT2D eigenvalue weighted by molar-refractivity contribution is 8.14. The summed E-state index contributed by atoms with van der Waals surface area (Å²) >= 11 is 3.87. The molecule has 1 aliphatic heterocycles. The molecule has 13 heavy (non-hydrogen) atoms. The summed E-state index contributed by atoms with van der Waals surface area (Å²) in [5.74, 6) is 1.16. The van der Waals surface area contributed by atoms with Gasteiger partial charge in [-0.1, -0.05) is 18.2 Å². The topological polar surface area (TPSA) is 24.4 Å². The minimum absolute atomic E-state index is 0.533. The van der Waals surface area contributed by atoms with Crippen molar-refractivity contribution in [2.24, 2.45) is 4.99 Å². The van der Waals surface area contributed by atoms with Gasteiger partial charge in [0.15, 0.2) is 5.17 Å². The van der Waals surface area contributed by atoms with E-state index < -0.39 is 0 Å². The van der Waals surface area contributed by atoms with Crippen molar-refractivity contribution in [1.82, 2.24) is 5.32 Å². The Hall–Kier alpha value is 0.170. The minimum Gasteiger partial charge on any atom is -0.364 e. The third kappa shape index (κ3) is 2.15. The second-order valence-electron chi connectivity index (χ2n) is 3.63. The van der Waals surface area contributed by atoms with Crippen LogP contribution in [0.1, 0.15) is 19.3 Å². The first-order valence-corrected chi connectivity index (χ1v) is 7.02. The molecule has 0 spiro atoms. The maximum atomic E-state index is 4.39. The summed E-state index contributed by atoms with van der Waals surface area (Å²) in [6.07, 6.45) is 6.38. The third-order valence-corrected chi connectivity index (χ3v) is 5.20. The van der Waals surface area contributed by atoms with E-state index >= 15 is 0 Å². The standard InChI is InChI=1S/C9H16N2S2/c1-12-9(3-2-4-9)7-11-8-10-5-6-13-8/h2-7H2,1H3,(H,10,11). The zero-order valence-corrected chi connectivity index (χ0v) is 9.64. The molecule has 0 saturated heterocycles. The van der Waals surface area contributed by atoms with Gasteiger partial charge in [0.2, 0.25) is 0 Å². The molecular formula is C9H16N2S2. The summed E-state index contributed by atoms with van der Waals surface area (Å²) in [6, 6.07) is 0. The number of nitrogens with one attached hydrogen (secondary N) is 1. The SMILES string of the molecule is CSC1(CNC2=NCCS2)CCC1. The van der Waals surface area contributed by atoms with Gasteiger partial charge in [-0.2, -0.15) is 11.8 Å². The summed E-state index contributed by atoms with van der Waals surface area (Å²) in [4.78, 5) is 4.39. The van der Waals surface area contributed by atoms with Gasteiger partial charge in [-0.05, 0) is 19.1 Å². The number of aliphatic imine (C=N–C) groups is 1. The number of hydrogen-bond donors (Lipinski definition) is 1. The normalized spacial score (nSPS) is 25.2. The molecule has 1 aliphatic carbocycles. The van der Waals surface area contributed by atoms with Crippen molar-refractivity contribution in [1.29, 1.82) is 0 Å². The maximum Gasteiger partial charge on any atom is 0.156 e. The van der Waals surface area contributed by atoms with Crippen LogP contribution in [0.15, 0.2) is 4.99 Å². The highest BCUT2D eigenvalue weighted by Crippen LogP contribution is 2.42. The Morgan fingerprint density at radius 3 is 2.92 bits per heavy atom. The first-order chi connectivity index (χ1) is 6.35. The Morgan fingerprint density at radius 2 is 2.46 bits per heavy atom. The van der Waals surface area contributed by atoms with Gasteiger partial charge in [0.05, 0.1) is 6.54 Å². The number of thioether (sulfide) groups is 2. The average molecular weight is 216 g/mol. The van der Waals surface area contributed by atoms with E-state index in [0.29, 0.717) is 4.75 Å². The maximum absolute atomic E-state index is 4.39. The minimum atomic E-state index is 0.533. The van der Waals surface area contributed by atoms with Gasteiger partial charge in [0, 0.05) is 17.0 Å². The lowest BCUT2D eigenvalue weighted by Gasteiger charge is -2.40. The second kappa shape index (κ2) is 4.13. The molecule has 0 aromatic carbocycles. The van der Waals surface area contributed by atoms with Crippen LogP contribution in [0, 0.1) is 0 Å². The smallest absolute Gasteiger partial charge is 0.156 e. The molecule has 1 N–H and O–H groups in total. The quantitative estimate of drug-likeness (QED) is 0.780. The Morgan fingerprint density at radius 1 is 1.62 bits per heavy atom. The number of rotatable bonds is 3. The van der Waals surface area contributed by atoms with Crippen LogP contribution >= 0.6 is 23.5 Å². The number of amidine groups is 1. The third-order valence-electron chi connectivity index (χ3n) is 2.85. The molecule has 0 bridgehead atoms. The first kappa shape index (κ1) is 9.71. The fourth-order valence-corrected chi connectivity index (χ4v) is 3.35. The molecule has 0 aromatic heterocycles. The fraction of sp³-hybridized carbons (Fsp3) is 0.889. The van der Waals surface area contributed by atoms with E-state index in [1.165, 1.54) is 24.4 Å². The average Bonchev–Trinajstić information content (AvgIpc) is 2.56. The molecule has 1 heterocycles. The molecule has 2 nitrogen and oxygen atoms in total. The fourth-order valence-electron chi connectivity index (χ4n) is 1.70. The summed E-state index contributed by atoms with van der Waals surface area (Å²) in [5.41, 5.74) is 0. The van der Waals surface area contributed by atoms with Crippen molar-refractivity contribution in [3.63, 3.8) is 0 Å². The Bertz CT molecular complexity index is 206. The van der Waals surface area contributed by atoms with Crippen LogP contribution in [0.3, 0.4) is 0 Å². The van der Waals surface area contributed by atoms with Gasteiger partial charge in [-0.15, -0.1) is 0 Å². The Labute approximate surface area is 88.3 Å². The molecule has 2 rings (SSSR count). The van der Waals surface area contributed by atoms with E-state index in [-0.39, 0.29) is 0 Å². The molecular weight excluding hydrogens is 200 g/mol. The molecule has 74 valence electrons. The number of hydrogen-bond acceptors (Lipinski definition) is 4. The molecule has 2 aliphatic rings. The molecule has 0 unspecified atom stereocenters. The van der Waals surface area contributed by atoms with Crippen LogP contribution in [0.25, 0.3) is 0 Å². The summed E-state index contributed by atoms with van der Waals surface area (Å²) in [5, 5.41) is 4.63. The summed E-state index contributed by atoms with van der Waals surface area (Å²) < 4.78 is 0.533. The van der Waals surface area contributed by atoms with Crippen LogP contribution in [-0.2, 0) is 0 Å². The van der Waals surface area contributed by atoms with Gasteiger partial charge in [0.25, 0.3) is 0 Å². The van der Waals surface area contributed by atoms with E-state index in [4.69, 9.17) is 0 Å². The first-order valence-electron chi connectivity index (χ1n) is 4.81. The lowest BCUT2D eigenvalue weighted by Crippen LogP contribution is -2.44.